The van der Waals surface area contributed by atoms with Gasteiger partial charge in [0.2, 0.25) is 0 Å². The van der Waals surface area contributed by atoms with E-state index in [0.29, 0.717) is 29.9 Å². The van der Waals surface area contributed by atoms with Gasteiger partial charge in [0.1, 0.15) is 12.4 Å². The number of benzene rings is 2. The van der Waals surface area contributed by atoms with E-state index < -0.39 is 18.3 Å². The van der Waals surface area contributed by atoms with Gasteiger partial charge in [0.25, 0.3) is 10.0 Å². The number of hydrogen-bond acceptors (Lipinski definition) is 4. The minimum Gasteiger partial charge on any atom is -0.490 e. The molecule has 0 unspecified atom stereocenters. The number of rotatable bonds is 7. The van der Waals surface area contributed by atoms with Crippen LogP contribution in [0.4, 0.5) is 0 Å². The summed E-state index contributed by atoms with van der Waals surface area (Å²) in [6.07, 6.45) is 1.47. The van der Waals surface area contributed by atoms with Gasteiger partial charge in [-0.2, -0.15) is 0 Å². The topological polar surface area (TPSA) is 57.5 Å². The predicted molar refractivity (Wildman–Crippen MR) is 134 cm³/mol. The van der Waals surface area contributed by atoms with Crippen LogP contribution in [0.15, 0.2) is 47.5 Å². The molecule has 5 nitrogen and oxygen atoms in total. The monoisotopic (exact) mass is 513 g/mol. The lowest BCUT2D eigenvalue weighted by Crippen LogP contribution is -2.41. The summed E-state index contributed by atoms with van der Waals surface area (Å²) in [5, 5.41) is 1.05. The zero-order chi connectivity index (χ0) is 23.9. The lowest BCUT2D eigenvalue weighted by Gasteiger charge is -2.36. The molecule has 0 saturated heterocycles. The SMILES string of the molecule is Cc1ccc(S(=O)(=O)n2ccc3c(OCCO[Si](C)(C)C(C)(C)C)cc(Cl)c(Cl)c32)cc1. The van der Waals surface area contributed by atoms with Gasteiger partial charge in [-0.15, -0.1) is 0 Å². The van der Waals surface area contributed by atoms with Gasteiger partial charge in [0.05, 0.1) is 27.1 Å². The van der Waals surface area contributed by atoms with Crippen molar-refractivity contribution in [2.45, 2.75) is 50.7 Å². The molecule has 0 amide bonds. The van der Waals surface area contributed by atoms with Crippen LogP contribution in [0.2, 0.25) is 28.2 Å². The quantitative estimate of drug-likeness (QED) is 0.254. The van der Waals surface area contributed by atoms with Crippen molar-refractivity contribution in [3.8, 4) is 5.75 Å². The highest BCUT2D eigenvalue weighted by atomic mass is 35.5. The molecule has 0 fully saturated rings. The number of hydrogen-bond donors (Lipinski definition) is 0. The van der Waals surface area contributed by atoms with Gasteiger partial charge in [-0.3, -0.25) is 0 Å². The first-order chi connectivity index (χ1) is 14.8. The molecule has 0 aliphatic carbocycles. The molecule has 174 valence electrons. The van der Waals surface area contributed by atoms with Gasteiger partial charge in [0, 0.05) is 17.6 Å². The van der Waals surface area contributed by atoms with Crippen molar-refractivity contribution in [1.82, 2.24) is 3.97 Å². The molecule has 3 aromatic rings. The summed E-state index contributed by atoms with van der Waals surface area (Å²) in [5.41, 5.74) is 1.26. The number of aryl methyl sites for hydroxylation is 1. The molecule has 0 radical (unpaired) electrons. The molecule has 0 N–H and O–H groups in total. The highest BCUT2D eigenvalue weighted by Gasteiger charge is 2.37. The Labute approximate surface area is 201 Å². The first-order valence-electron chi connectivity index (χ1n) is 10.3. The fourth-order valence-corrected chi connectivity index (χ4v) is 5.88. The fraction of sp³-hybridized carbons (Fsp3) is 0.391. The maximum atomic E-state index is 13.3. The second kappa shape index (κ2) is 9.03. The first kappa shape index (κ1) is 25.1. The Morgan fingerprint density at radius 1 is 1.03 bits per heavy atom. The van der Waals surface area contributed by atoms with Crippen molar-refractivity contribution in [3.05, 3.63) is 58.2 Å². The third kappa shape index (κ3) is 4.87. The lowest BCUT2D eigenvalue weighted by atomic mass is 10.2. The molecule has 9 heteroatoms. The van der Waals surface area contributed by atoms with E-state index in [0.717, 1.165) is 9.54 Å². The van der Waals surface area contributed by atoms with Crippen LogP contribution in [0.1, 0.15) is 26.3 Å². The molecule has 0 saturated carbocycles. The van der Waals surface area contributed by atoms with Crippen molar-refractivity contribution < 1.29 is 17.6 Å². The van der Waals surface area contributed by atoms with Crippen molar-refractivity contribution in [3.63, 3.8) is 0 Å². The summed E-state index contributed by atoms with van der Waals surface area (Å²) >= 11 is 12.8. The fourth-order valence-electron chi connectivity index (χ4n) is 3.01. The third-order valence-corrected chi connectivity index (χ3v) is 13.0. The average molecular weight is 515 g/mol. The highest BCUT2D eigenvalue weighted by Crippen LogP contribution is 2.40. The number of halogens is 2. The summed E-state index contributed by atoms with van der Waals surface area (Å²) in [6, 6.07) is 9.94. The number of fused-ring (bicyclic) bond motifs is 1. The normalized spacial score (nSPS) is 13.0. The van der Waals surface area contributed by atoms with Crippen molar-refractivity contribution >= 4 is 52.4 Å². The summed E-state index contributed by atoms with van der Waals surface area (Å²) in [7, 11) is -5.75. The van der Waals surface area contributed by atoms with Crippen molar-refractivity contribution in [2.75, 3.05) is 13.2 Å². The van der Waals surface area contributed by atoms with Gasteiger partial charge >= 0.3 is 0 Å². The van der Waals surface area contributed by atoms with Gasteiger partial charge in [-0.05, 0) is 43.3 Å². The second-order valence-corrected chi connectivity index (χ2v) is 16.7. The van der Waals surface area contributed by atoms with Crippen LogP contribution >= 0.6 is 23.2 Å². The average Bonchev–Trinajstić information content (AvgIpc) is 3.15. The zero-order valence-corrected chi connectivity index (χ0v) is 22.5. The van der Waals surface area contributed by atoms with E-state index in [-0.39, 0.29) is 20.0 Å². The molecule has 0 aliphatic rings. The summed E-state index contributed by atoms with van der Waals surface area (Å²) < 4.78 is 39.8. The van der Waals surface area contributed by atoms with Crippen LogP contribution < -0.4 is 4.74 Å². The standard InChI is InChI=1S/C23H29Cl2NO4SSi/c1-16-7-9-17(10-8-16)31(27,28)26-12-11-18-20(15-19(24)21(25)22(18)26)29-13-14-30-32(5,6)23(2,3)4/h7-12,15H,13-14H2,1-6H3. The molecule has 0 aliphatic heterocycles. The lowest BCUT2D eigenvalue weighted by molar-refractivity contribution is 0.205. The molecular weight excluding hydrogens is 485 g/mol. The molecule has 1 heterocycles. The van der Waals surface area contributed by atoms with E-state index in [4.69, 9.17) is 32.4 Å². The Hall–Kier alpha value is -1.51. The van der Waals surface area contributed by atoms with E-state index in [1.54, 1.807) is 36.4 Å². The Morgan fingerprint density at radius 3 is 2.25 bits per heavy atom. The second-order valence-electron chi connectivity index (χ2n) is 9.32. The van der Waals surface area contributed by atoms with Gasteiger partial charge in [-0.25, -0.2) is 12.4 Å². The molecule has 0 spiro atoms. The van der Waals surface area contributed by atoms with Gasteiger partial charge < -0.3 is 9.16 Å². The Balaban J connectivity index is 1.92. The van der Waals surface area contributed by atoms with Crippen LogP contribution in [0.3, 0.4) is 0 Å². The van der Waals surface area contributed by atoms with Gasteiger partial charge in [0.15, 0.2) is 8.32 Å². The minimum absolute atomic E-state index is 0.103. The number of nitrogens with zero attached hydrogens (tertiary/aromatic N) is 1. The molecule has 2 aromatic carbocycles. The summed E-state index contributed by atoms with van der Waals surface area (Å²) in [4.78, 5) is 0.168. The zero-order valence-electron chi connectivity index (χ0n) is 19.2. The molecule has 0 atom stereocenters. The maximum absolute atomic E-state index is 13.3. The molecule has 0 bridgehead atoms. The van der Waals surface area contributed by atoms with Crippen LogP contribution in [0.25, 0.3) is 10.9 Å². The highest BCUT2D eigenvalue weighted by molar-refractivity contribution is 7.90. The minimum atomic E-state index is -3.86. The summed E-state index contributed by atoms with van der Waals surface area (Å²) in [5.74, 6) is 0.464. The van der Waals surface area contributed by atoms with E-state index >= 15 is 0 Å². The smallest absolute Gasteiger partial charge is 0.268 e. The van der Waals surface area contributed by atoms with E-state index in [2.05, 4.69) is 33.9 Å². The Bertz CT molecular complexity index is 1230. The third-order valence-electron chi connectivity index (χ3n) is 5.98. The largest absolute Gasteiger partial charge is 0.490 e. The van der Waals surface area contributed by atoms with Crippen LogP contribution in [0.5, 0.6) is 5.75 Å². The molecular formula is C23H29Cl2NO4SSi. The molecule has 3 rings (SSSR count). The van der Waals surface area contributed by atoms with E-state index in [9.17, 15) is 8.42 Å². The first-order valence-corrected chi connectivity index (χ1v) is 15.4. The molecule has 32 heavy (non-hydrogen) atoms. The van der Waals surface area contributed by atoms with E-state index in [1.807, 2.05) is 6.92 Å². The predicted octanol–water partition coefficient (Wildman–Crippen LogP) is 6.89. The summed E-state index contributed by atoms with van der Waals surface area (Å²) in [6.45, 7) is 13.5. The van der Waals surface area contributed by atoms with Crippen LogP contribution in [-0.4, -0.2) is 33.9 Å². The molecule has 1 aromatic heterocycles. The van der Waals surface area contributed by atoms with E-state index in [1.165, 1.54) is 6.20 Å². The maximum Gasteiger partial charge on any atom is 0.268 e. The van der Waals surface area contributed by atoms with Gasteiger partial charge in [-0.1, -0.05) is 61.7 Å². The number of aromatic nitrogens is 1. The Morgan fingerprint density at radius 2 is 1.66 bits per heavy atom. The Kier molecular flexibility index (Phi) is 7.08. The van der Waals surface area contributed by atoms with Crippen LogP contribution in [0, 0.1) is 6.92 Å². The number of ether oxygens (including phenoxy) is 1. The van der Waals surface area contributed by atoms with Crippen molar-refractivity contribution in [2.24, 2.45) is 0 Å². The van der Waals surface area contributed by atoms with Crippen molar-refractivity contribution in [1.29, 1.82) is 0 Å². The van der Waals surface area contributed by atoms with Crippen LogP contribution in [-0.2, 0) is 14.4 Å².